The lowest BCUT2D eigenvalue weighted by molar-refractivity contribution is -0.144. The summed E-state index contributed by atoms with van der Waals surface area (Å²) in [5.74, 6) is -0.236. The number of esters is 1. The van der Waals surface area contributed by atoms with Crippen molar-refractivity contribution in [2.45, 2.75) is 63.3 Å². The third-order valence-corrected chi connectivity index (χ3v) is 7.35. The van der Waals surface area contributed by atoms with Gasteiger partial charge in [0.1, 0.15) is 12.3 Å². The monoisotopic (exact) mass is 488 g/mol. The van der Waals surface area contributed by atoms with Crippen LogP contribution < -0.4 is 0 Å². The maximum Gasteiger partial charge on any atom is 0.338 e. The van der Waals surface area contributed by atoms with Crippen LogP contribution in [-0.4, -0.2) is 49.5 Å². The summed E-state index contributed by atoms with van der Waals surface area (Å²) in [5.41, 5.74) is 1.99. The van der Waals surface area contributed by atoms with Gasteiger partial charge in [-0.15, -0.1) is 5.10 Å². The zero-order valence-corrected chi connectivity index (χ0v) is 20.3. The summed E-state index contributed by atoms with van der Waals surface area (Å²) in [5, 5.41) is 19.5. The molecule has 2 aromatic carbocycles. The molecule has 0 bridgehead atoms. The number of carbonyl (C=O) groups excluding carboxylic acids is 2. The highest BCUT2D eigenvalue weighted by molar-refractivity contribution is 5.89. The predicted octanol–water partition coefficient (Wildman–Crippen LogP) is 4.09. The van der Waals surface area contributed by atoms with Gasteiger partial charge in [0.05, 0.1) is 29.9 Å². The van der Waals surface area contributed by atoms with Crippen molar-refractivity contribution in [1.29, 1.82) is 0 Å². The summed E-state index contributed by atoms with van der Waals surface area (Å²) in [4.78, 5) is 27.9. The lowest BCUT2D eigenvalue weighted by Crippen LogP contribution is -2.50. The molecule has 0 unspecified atom stereocenters. The summed E-state index contributed by atoms with van der Waals surface area (Å²) in [7, 11) is 0. The molecule has 1 aliphatic heterocycles. The number of hydrogen-bond acceptors (Lipinski definition) is 6. The van der Waals surface area contributed by atoms with E-state index in [1.54, 1.807) is 35.1 Å². The number of likely N-dealkylation sites (tertiary alicyclic amines) is 1. The van der Waals surface area contributed by atoms with Gasteiger partial charge in [-0.25, -0.2) is 9.48 Å². The maximum absolute atomic E-state index is 13.7. The molecule has 0 radical (unpaired) electrons. The van der Waals surface area contributed by atoms with Gasteiger partial charge in [0.25, 0.3) is 0 Å². The lowest BCUT2D eigenvalue weighted by atomic mass is 9.85. The summed E-state index contributed by atoms with van der Waals surface area (Å²) in [6, 6.07) is 18.1. The van der Waals surface area contributed by atoms with Crippen LogP contribution >= 0.6 is 0 Å². The molecule has 1 saturated carbocycles. The molecule has 8 nitrogen and oxygen atoms in total. The minimum Gasteiger partial charge on any atom is -0.455 e. The fourth-order valence-corrected chi connectivity index (χ4v) is 5.38. The van der Waals surface area contributed by atoms with Gasteiger partial charge in [-0.05, 0) is 30.5 Å². The van der Waals surface area contributed by atoms with Gasteiger partial charge in [-0.1, -0.05) is 73.0 Å². The Labute approximate surface area is 210 Å². The zero-order valence-electron chi connectivity index (χ0n) is 20.3. The predicted molar refractivity (Wildman–Crippen MR) is 133 cm³/mol. The molecule has 188 valence electrons. The van der Waals surface area contributed by atoms with Crippen LogP contribution in [0.4, 0.5) is 0 Å². The first-order valence-electron chi connectivity index (χ1n) is 12.8. The smallest absolute Gasteiger partial charge is 0.338 e. The van der Waals surface area contributed by atoms with Crippen LogP contribution in [0, 0.1) is 5.92 Å². The van der Waals surface area contributed by atoms with Crippen LogP contribution in [0.3, 0.4) is 0 Å². The van der Waals surface area contributed by atoms with Crippen LogP contribution in [0.2, 0.25) is 0 Å². The minimum absolute atomic E-state index is 0.0199. The largest absolute Gasteiger partial charge is 0.455 e. The van der Waals surface area contributed by atoms with Gasteiger partial charge in [0, 0.05) is 18.9 Å². The molecule has 0 spiro atoms. The number of amides is 1. The molecule has 3 atom stereocenters. The number of aromatic nitrogens is 3. The third-order valence-electron chi connectivity index (χ3n) is 7.35. The Balaban J connectivity index is 1.31. The second kappa shape index (κ2) is 11.0. The number of nitrogens with zero attached hydrogens (tertiary/aromatic N) is 4. The molecule has 1 saturated heterocycles. The normalized spacial score (nSPS) is 22.8. The Kier molecular flexibility index (Phi) is 7.41. The van der Waals surface area contributed by atoms with Gasteiger partial charge >= 0.3 is 5.97 Å². The van der Waals surface area contributed by atoms with Gasteiger partial charge in [-0.3, -0.25) is 4.79 Å². The summed E-state index contributed by atoms with van der Waals surface area (Å²) >= 11 is 0. The molecule has 2 heterocycles. The molecule has 36 heavy (non-hydrogen) atoms. The van der Waals surface area contributed by atoms with E-state index in [-0.39, 0.29) is 24.5 Å². The highest BCUT2D eigenvalue weighted by Crippen LogP contribution is 2.38. The van der Waals surface area contributed by atoms with Crippen LogP contribution in [0.5, 0.6) is 0 Å². The molecule has 2 aliphatic rings. The number of aliphatic hydroxyl groups excluding tert-OH is 1. The van der Waals surface area contributed by atoms with E-state index in [9.17, 15) is 14.7 Å². The Morgan fingerprint density at radius 1 is 0.972 bits per heavy atom. The van der Waals surface area contributed by atoms with Gasteiger partial charge in [-0.2, -0.15) is 0 Å². The van der Waals surface area contributed by atoms with E-state index in [1.807, 2.05) is 41.3 Å². The number of rotatable bonds is 6. The number of piperidine rings is 1. The SMILES string of the molecule is O=C(OCc1cn([C@H]2CN(C(=O)C3CCCCC3)[C@@H](c3ccccc3)C[C@@H]2O)nn1)c1ccccc1. The Morgan fingerprint density at radius 2 is 1.67 bits per heavy atom. The van der Waals surface area contributed by atoms with E-state index in [0.717, 1.165) is 31.2 Å². The van der Waals surface area contributed by atoms with Gasteiger partial charge < -0.3 is 14.7 Å². The number of aliphatic hydroxyl groups is 1. The highest BCUT2D eigenvalue weighted by Gasteiger charge is 2.41. The van der Waals surface area contributed by atoms with Crippen LogP contribution in [0.1, 0.15) is 72.2 Å². The topological polar surface area (TPSA) is 97.5 Å². The molecule has 3 aromatic rings. The van der Waals surface area contributed by atoms with Gasteiger partial charge in [0.2, 0.25) is 5.91 Å². The van der Waals surface area contributed by atoms with E-state index < -0.39 is 18.1 Å². The number of carbonyl (C=O) groups is 2. The standard InChI is InChI=1S/C28H32N4O4/c33-26-16-24(20-10-4-1-5-11-20)31(27(34)21-12-6-2-7-13-21)18-25(26)32-17-23(29-30-32)19-36-28(35)22-14-8-3-9-15-22/h1,3-5,8-11,14-15,17,21,24-26,33H,2,6-7,12-13,16,18-19H2/t24-,25+,26+/m1/s1. The molecule has 1 amide bonds. The zero-order chi connectivity index (χ0) is 24.9. The van der Waals surface area contributed by atoms with E-state index in [2.05, 4.69) is 10.3 Å². The van der Waals surface area contributed by atoms with Crippen LogP contribution in [-0.2, 0) is 16.1 Å². The van der Waals surface area contributed by atoms with Crippen molar-refractivity contribution in [2.75, 3.05) is 6.54 Å². The van der Waals surface area contributed by atoms with Crippen molar-refractivity contribution >= 4 is 11.9 Å². The molecule has 2 fully saturated rings. The van der Waals surface area contributed by atoms with Crippen LogP contribution in [0.25, 0.3) is 0 Å². The Bertz CT molecular complexity index is 1160. The first-order chi connectivity index (χ1) is 17.6. The fraction of sp³-hybridized carbons (Fsp3) is 0.429. The van der Waals surface area contributed by atoms with E-state index >= 15 is 0 Å². The van der Waals surface area contributed by atoms with Crippen LogP contribution in [0.15, 0.2) is 66.9 Å². The summed E-state index contributed by atoms with van der Waals surface area (Å²) in [6.07, 6.45) is 6.61. The van der Waals surface area contributed by atoms with Crippen molar-refractivity contribution in [3.63, 3.8) is 0 Å². The number of ether oxygens (including phenoxy) is 1. The molecular weight excluding hydrogens is 456 g/mol. The lowest BCUT2D eigenvalue weighted by Gasteiger charge is -2.44. The van der Waals surface area contributed by atoms with Crippen molar-refractivity contribution in [3.05, 3.63) is 83.7 Å². The van der Waals surface area contributed by atoms with Crippen molar-refractivity contribution in [3.8, 4) is 0 Å². The Hall–Kier alpha value is -3.52. The van der Waals surface area contributed by atoms with Crippen molar-refractivity contribution in [2.24, 2.45) is 5.92 Å². The molecule has 1 aromatic heterocycles. The number of benzene rings is 2. The quantitative estimate of drug-likeness (QED) is 0.525. The first-order valence-corrected chi connectivity index (χ1v) is 12.8. The van der Waals surface area contributed by atoms with E-state index in [4.69, 9.17) is 4.74 Å². The molecule has 5 rings (SSSR count). The fourth-order valence-electron chi connectivity index (χ4n) is 5.38. The summed E-state index contributed by atoms with van der Waals surface area (Å²) in [6.45, 7) is 0.330. The third kappa shape index (κ3) is 5.33. The maximum atomic E-state index is 13.7. The average molecular weight is 489 g/mol. The van der Waals surface area contributed by atoms with Gasteiger partial charge in [0.15, 0.2) is 0 Å². The molecule has 8 heteroatoms. The Morgan fingerprint density at radius 3 is 2.39 bits per heavy atom. The summed E-state index contributed by atoms with van der Waals surface area (Å²) < 4.78 is 6.98. The highest BCUT2D eigenvalue weighted by atomic mass is 16.5. The first kappa shape index (κ1) is 24.2. The molecule has 1 N–H and O–H groups in total. The van der Waals surface area contributed by atoms with E-state index in [1.165, 1.54) is 6.42 Å². The average Bonchev–Trinajstić information content (AvgIpc) is 3.41. The number of hydrogen-bond donors (Lipinski definition) is 1. The van der Waals surface area contributed by atoms with Crippen molar-refractivity contribution in [1.82, 2.24) is 19.9 Å². The molecular formula is C28H32N4O4. The van der Waals surface area contributed by atoms with E-state index in [0.29, 0.717) is 24.2 Å². The molecule has 1 aliphatic carbocycles. The second-order valence-corrected chi connectivity index (χ2v) is 9.75. The minimum atomic E-state index is -0.702. The second-order valence-electron chi connectivity index (χ2n) is 9.75. The van der Waals surface area contributed by atoms with Crippen molar-refractivity contribution < 1.29 is 19.4 Å².